The number of urea groups is 1. The summed E-state index contributed by atoms with van der Waals surface area (Å²) in [5.74, 6) is -1.91. The summed E-state index contributed by atoms with van der Waals surface area (Å²) < 4.78 is 50.9. The minimum atomic E-state index is -5.41. The van der Waals surface area contributed by atoms with Gasteiger partial charge in [-0.3, -0.25) is 4.79 Å². The number of amides is 3. The third-order valence-electron chi connectivity index (χ3n) is 2.34. The van der Waals surface area contributed by atoms with Crippen LogP contribution < -0.4 is 10.6 Å². The Hall–Kier alpha value is -2.10. The minimum Gasteiger partial charge on any atom is -0.306 e. The van der Waals surface area contributed by atoms with Crippen LogP contribution in [0.3, 0.4) is 0 Å². The molecule has 1 saturated heterocycles. The SMILES string of the molecule is O=C(/N=C1\NC(=O)[C@](F)(C(F)(F)F)S1)Nc1ccccc1. The Morgan fingerprint density at radius 2 is 1.90 bits per heavy atom. The number of halogens is 4. The van der Waals surface area contributed by atoms with Gasteiger partial charge in [-0.2, -0.15) is 18.2 Å². The Morgan fingerprint density at radius 1 is 1.29 bits per heavy atom. The largest absolute Gasteiger partial charge is 0.442 e. The number of rotatable bonds is 1. The molecule has 2 rings (SSSR count). The number of aliphatic imine (C=N–C) groups is 1. The summed E-state index contributed by atoms with van der Waals surface area (Å²) in [4.78, 5) is 25.7. The third-order valence-corrected chi connectivity index (χ3v) is 3.43. The molecule has 2 N–H and O–H groups in total. The van der Waals surface area contributed by atoms with Gasteiger partial charge in [0.15, 0.2) is 5.17 Å². The van der Waals surface area contributed by atoms with E-state index in [1.165, 1.54) is 12.1 Å². The van der Waals surface area contributed by atoms with E-state index in [1.54, 1.807) is 23.5 Å². The number of thioether (sulfide) groups is 1. The number of carbonyl (C=O) groups excluding carboxylic acids is 2. The zero-order valence-electron chi connectivity index (χ0n) is 10.1. The van der Waals surface area contributed by atoms with Crippen molar-refractivity contribution >= 4 is 34.6 Å². The first kappa shape index (κ1) is 15.3. The van der Waals surface area contributed by atoms with Crippen molar-refractivity contribution in [2.24, 2.45) is 4.99 Å². The van der Waals surface area contributed by atoms with Crippen LogP contribution in [0.15, 0.2) is 35.3 Å². The smallest absolute Gasteiger partial charge is 0.306 e. The van der Waals surface area contributed by atoms with Crippen LogP contribution in [0.4, 0.5) is 28.0 Å². The third kappa shape index (κ3) is 3.15. The second kappa shape index (κ2) is 5.35. The predicted molar refractivity (Wildman–Crippen MR) is 68.5 cm³/mol. The van der Waals surface area contributed by atoms with E-state index in [-0.39, 0.29) is 0 Å². The highest BCUT2D eigenvalue weighted by molar-refractivity contribution is 8.16. The van der Waals surface area contributed by atoms with Crippen LogP contribution >= 0.6 is 11.8 Å². The first-order chi connectivity index (χ1) is 9.72. The van der Waals surface area contributed by atoms with Gasteiger partial charge >= 0.3 is 17.2 Å². The van der Waals surface area contributed by atoms with Gasteiger partial charge in [0.1, 0.15) is 0 Å². The van der Waals surface area contributed by atoms with Crippen LogP contribution in [0.5, 0.6) is 0 Å². The topological polar surface area (TPSA) is 70.6 Å². The lowest BCUT2D eigenvalue weighted by Crippen LogP contribution is -2.45. The quantitative estimate of drug-likeness (QED) is 0.781. The maximum Gasteiger partial charge on any atom is 0.442 e. The number of hydrogen-bond donors (Lipinski definition) is 2. The molecule has 1 aromatic carbocycles. The van der Waals surface area contributed by atoms with Gasteiger partial charge in [-0.15, -0.1) is 0 Å². The Bertz CT molecular complexity index is 605. The first-order valence-corrected chi connectivity index (χ1v) is 6.25. The fourth-order valence-corrected chi connectivity index (χ4v) is 2.18. The standard InChI is InChI=1S/C11H7F4N3O2S/c12-10(11(13,14)15)7(19)17-9(21-10)18-8(20)16-6-4-2-1-3-5-6/h1-5H,(H2,16,17,18,19,20)/t10-/m1/s1. The van der Waals surface area contributed by atoms with Gasteiger partial charge in [-0.1, -0.05) is 18.2 Å². The molecule has 5 nitrogen and oxygen atoms in total. The second-order valence-corrected chi connectivity index (χ2v) is 5.02. The van der Waals surface area contributed by atoms with Crippen molar-refractivity contribution in [2.45, 2.75) is 11.2 Å². The Labute approximate surface area is 119 Å². The first-order valence-electron chi connectivity index (χ1n) is 5.43. The number of hydrogen-bond acceptors (Lipinski definition) is 3. The average molecular weight is 321 g/mol. The zero-order valence-corrected chi connectivity index (χ0v) is 10.9. The monoisotopic (exact) mass is 321 g/mol. The van der Waals surface area contributed by atoms with Crippen molar-refractivity contribution < 1.29 is 27.2 Å². The summed E-state index contributed by atoms with van der Waals surface area (Å²) in [6, 6.07) is 6.93. The normalized spacial score (nSPS) is 24.0. The lowest BCUT2D eigenvalue weighted by molar-refractivity contribution is -0.195. The van der Waals surface area contributed by atoms with Gasteiger partial charge in [-0.05, 0) is 23.9 Å². The number of anilines is 1. The number of para-hydroxylation sites is 1. The highest BCUT2D eigenvalue weighted by Gasteiger charge is 2.67. The molecule has 1 atom stereocenters. The average Bonchev–Trinajstić information content (AvgIpc) is 2.66. The molecule has 0 bridgehead atoms. The number of carbonyl (C=O) groups is 2. The molecule has 0 spiro atoms. The van der Waals surface area contributed by atoms with Gasteiger partial charge in [0.2, 0.25) is 0 Å². The summed E-state index contributed by atoms with van der Waals surface area (Å²) in [5.41, 5.74) is 0.350. The summed E-state index contributed by atoms with van der Waals surface area (Å²) in [6.45, 7) is 0. The molecule has 21 heavy (non-hydrogen) atoms. The van der Waals surface area contributed by atoms with Crippen LogP contribution in [0.1, 0.15) is 0 Å². The molecular formula is C11H7F4N3O2S. The molecule has 10 heteroatoms. The van der Waals surface area contributed by atoms with E-state index in [0.29, 0.717) is 5.69 Å². The van der Waals surface area contributed by atoms with Crippen molar-refractivity contribution in [3.63, 3.8) is 0 Å². The van der Waals surface area contributed by atoms with Gasteiger partial charge in [0.05, 0.1) is 0 Å². The predicted octanol–water partition coefficient (Wildman–Crippen LogP) is 2.67. The van der Waals surface area contributed by atoms with Gasteiger partial charge in [-0.25, -0.2) is 9.18 Å². The molecule has 0 aliphatic carbocycles. The Balaban J connectivity index is 2.10. The van der Waals surface area contributed by atoms with Gasteiger partial charge < -0.3 is 10.6 Å². The lowest BCUT2D eigenvalue weighted by atomic mass is 10.3. The lowest BCUT2D eigenvalue weighted by Gasteiger charge is -2.17. The van der Waals surface area contributed by atoms with E-state index in [0.717, 1.165) is 0 Å². The van der Waals surface area contributed by atoms with Crippen molar-refractivity contribution in [1.29, 1.82) is 0 Å². The molecule has 1 fully saturated rings. The van der Waals surface area contributed by atoms with Crippen molar-refractivity contribution in [2.75, 3.05) is 5.32 Å². The summed E-state index contributed by atoms with van der Waals surface area (Å²) in [7, 11) is 0. The molecule has 1 aliphatic heterocycles. The van der Waals surface area contributed by atoms with Crippen LogP contribution in [0.2, 0.25) is 0 Å². The van der Waals surface area contributed by atoms with Gasteiger partial charge in [0.25, 0.3) is 5.91 Å². The van der Waals surface area contributed by atoms with E-state index in [4.69, 9.17) is 0 Å². The molecule has 0 saturated carbocycles. The summed E-state index contributed by atoms with van der Waals surface area (Å²) in [5, 5.41) is -1.06. The van der Waals surface area contributed by atoms with Crippen molar-refractivity contribution in [3.05, 3.63) is 30.3 Å². The van der Waals surface area contributed by atoms with E-state index < -0.39 is 40.0 Å². The Morgan fingerprint density at radius 3 is 2.43 bits per heavy atom. The summed E-state index contributed by atoms with van der Waals surface area (Å²) in [6.07, 6.45) is -5.41. The molecule has 1 aromatic rings. The van der Waals surface area contributed by atoms with E-state index >= 15 is 0 Å². The Kier molecular flexibility index (Phi) is 3.90. The maximum absolute atomic E-state index is 13.6. The molecule has 1 aliphatic rings. The maximum atomic E-state index is 13.6. The number of benzene rings is 1. The molecule has 1 heterocycles. The molecular weight excluding hydrogens is 314 g/mol. The molecule has 0 aromatic heterocycles. The van der Waals surface area contributed by atoms with E-state index in [2.05, 4.69) is 10.3 Å². The molecule has 0 unspecified atom stereocenters. The van der Waals surface area contributed by atoms with Gasteiger partial charge in [0, 0.05) is 5.69 Å². The van der Waals surface area contributed by atoms with Crippen molar-refractivity contribution in [1.82, 2.24) is 5.32 Å². The number of nitrogens with one attached hydrogen (secondary N) is 2. The summed E-state index contributed by atoms with van der Waals surface area (Å²) >= 11 is -0.496. The number of alkyl halides is 4. The fourth-order valence-electron chi connectivity index (χ4n) is 1.39. The van der Waals surface area contributed by atoms with Crippen molar-refractivity contribution in [3.8, 4) is 0 Å². The van der Waals surface area contributed by atoms with Crippen LogP contribution in [0, 0.1) is 0 Å². The molecule has 3 amide bonds. The second-order valence-electron chi connectivity index (χ2n) is 3.86. The molecule has 112 valence electrons. The zero-order chi connectivity index (χ0) is 15.7. The van der Waals surface area contributed by atoms with E-state index in [9.17, 15) is 27.2 Å². The highest BCUT2D eigenvalue weighted by atomic mass is 32.2. The minimum absolute atomic E-state index is 0.350. The van der Waals surface area contributed by atoms with E-state index in [1.807, 2.05) is 0 Å². The highest BCUT2D eigenvalue weighted by Crippen LogP contribution is 2.46. The molecule has 0 radical (unpaired) electrons. The fraction of sp³-hybridized carbons (Fsp3) is 0.182. The van der Waals surface area contributed by atoms with Crippen LogP contribution in [-0.4, -0.2) is 28.3 Å². The number of nitrogens with zero attached hydrogens (tertiary/aromatic N) is 1. The van der Waals surface area contributed by atoms with Crippen LogP contribution in [0.25, 0.3) is 0 Å². The number of amidine groups is 1. The van der Waals surface area contributed by atoms with Crippen LogP contribution in [-0.2, 0) is 4.79 Å².